The van der Waals surface area contributed by atoms with Crippen LogP contribution in [0.25, 0.3) is 22.1 Å². The molecule has 0 bridgehead atoms. The Morgan fingerprint density at radius 1 is 0.941 bits per heavy atom. The van der Waals surface area contributed by atoms with Crippen LogP contribution >= 0.6 is 0 Å². The summed E-state index contributed by atoms with van der Waals surface area (Å²) < 4.78 is 2.24. The molecule has 0 saturated heterocycles. The van der Waals surface area contributed by atoms with Crippen molar-refractivity contribution in [3.8, 4) is 0 Å². The van der Waals surface area contributed by atoms with Crippen LogP contribution < -0.4 is 5.73 Å². The van der Waals surface area contributed by atoms with Gasteiger partial charge in [0.2, 0.25) is 0 Å². The van der Waals surface area contributed by atoms with Crippen LogP contribution in [0.5, 0.6) is 0 Å². The number of nitrogens with two attached hydrogens (primary N) is 1. The molecule has 0 aliphatic carbocycles. The number of nitrogens with zero attached hydrogens (tertiary/aromatic N) is 4. The lowest BCUT2D eigenvalue weighted by Gasteiger charge is -2.11. The monoisotopic (exact) mass is 457 g/mol. The third kappa shape index (κ3) is 4.83. The molecule has 0 radical (unpaired) electrons. The maximum Gasteiger partial charge on any atom is 0.163 e. The maximum absolute atomic E-state index is 12.7. The van der Waals surface area contributed by atoms with Crippen LogP contribution in [0.15, 0.2) is 42.6 Å². The van der Waals surface area contributed by atoms with Gasteiger partial charge in [0.25, 0.3) is 0 Å². The predicted molar refractivity (Wildman–Crippen MR) is 135 cm³/mol. The molecule has 176 valence electrons. The Labute approximate surface area is 199 Å². The molecule has 3 aromatic heterocycles. The van der Waals surface area contributed by atoms with Gasteiger partial charge in [0.05, 0.1) is 5.52 Å². The van der Waals surface area contributed by atoms with Crippen LogP contribution in [-0.2, 0) is 13.0 Å². The number of nitrogen functional groups attached to an aromatic ring is 1. The lowest BCUT2D eigenvalue weighted by molar-refractivity contribution is 0.0959. The van der Waals surface area contributed by atoms with Crippen LogP contribution in [0.3, 0.4) is 0 Å². The van der Waals surface area contributed by atoms with E-state index >= 15 is 0 Å². The van der Waals surface area contributed by atoms with Gasteiger partial charge in [0, 0.05) is 36.7 Å². The second kappa shape index (κ2) is 10.5. The van der Waals surface area contributed by atoms with E-state index in [9.17, 15) is 9.59 Å². The summed E-state index contributed by atoms with van der Waals surface area (Å²) in [6.45, 7) is 4.45. The minimum atomic E-state index is -0.0786. The minimum absolute atomic E-state index is 0.0246. The van der Waals surface area contributed by atoms with Crippen molar-refractivity contribution in [1.29, 1.82) is 0 Å². The van der Waals surface area contributed by atoms with E-state index in [2.05, 4.69) is 21.5 Å². The Hall–Kier alpha value is -3.61. The van der Waals surface area contributed by atoms with Gasteiger partial charge >= 0.3 is 0 Å². The fourth-order valence-corrected chi connectivity index (χ4v) is 4.44. The molecule has 7 nitrogen and oxygen atoms in total. The summed E-state index contributed by atoms with van der Waals surface area (Å²) in [7, 11) is 0. The Bertz CT molecular complexity index is 1340. The molecule has 4 rings (SSSR count). The van der Waals surface area contributed by atoms with E-state index < -0.39 is 0 Å². The summed E-state index contributed by atoms with van der Waals surface area (Å²) in [6.07, 6.45) is 7.78. The molecular formula is C27H31N5O2. The summed E-state index contributed by atoms with van der Waals surface area (Å²) in [6, 6.07) is 10.8. The molecule has 7 heteroatoms. The third-order valence-corrected chi connectivity index (χ3v) is 6.19. The van der Waals surface area contributed by atoms with Gasteiger partial charge in [-0.25, -0.2) is 9.97 Å². The number of imidazole rings is 1. The van der Waals surface area contributed by atoms with Gasteiger partial charge in [-0.05, 0) is 38.3 Å². The number of carbonyl (C=O) groups is 2. The first-order chi connectivity index (χ1) is 16.5. The Morgan fingerprint density at radius 2 is 1.74 bits per heavy atom. The number of anilines is 1. The number of carbonyl (C=O) groups excluding carboxylic acids is 2. The number of rotatable bonds is 11. The molecule has 34 heavy (non-hydrogen) atoms. The van der Waals surface area contributed by atoms with E-state index in [4.69, 9.17) is 10.7 Å². The predicted octanol–water partition coefficient (Wildman–Crippen LogP) is 5.55. The standard InChI is InChI=1S/C27H31N5O2/c1-3-4-15-23-31-25-26(24-21(30-27(25)28)13-10-16-29-24)32(23)17-9-5-6-14-22(34)20-12-8-7-11-19(20)18(2)33/h7-8,10-13,16H,3-6,9,14-15,17H2,1-2H3,(H2,28,30). The van der Waals surface area contributed by atoms with Crippen molar-refractivity contribution < 1.29 is 9.59 Å². The maximum atomic E-state index is 12.7. The van der Waals surface area contributed by atoms with Crippen LogP contribution in [0.1, 0.15) is 78.9 Å². The van der Waals surface area contributed by atoms with Crippen LogP contribution in [-0.4, -0.2) is 31.1 Å². The van der Waals surface area contributed by atoms with Crippen LogP contribution in [0.4, 0.5) is 5.82 Å². The van der Waals surface area contributed by atoms with Crippen molar-refractivity contribution in [2.24, 2.45) is 0 Å². The first-order valence-corrected chi connectivity index (χ1v) is 12.0. The average molecular weight is 458 g/mol. The molecule has 0 fully saturated rings. The molecule has 4 aromatic rings. The number of aryl methyl sites for hydroxylation is 2. The van der Waals surface area contributed by atoms with Crippen molar-refractivity contribution in [3.05, 3.63) is 59.5 Å². The fourth-order valence-electron chi connectivity index (χ4n) is 4.44. The van der Waals surface area contributed by atoms with Gasteiger partial charge in [0.15, 0.2) is 17.4 Å². The normalized spacial score (nSPS) is 11.4. The lowest BCUT2D eigenvalue weighted by Crippen LogP contribution is -2.07. The van der Waals surface area contributed by atoms with E-state index in [0.717, 1.165) is 67.4 Å². The number of fused-ring (bicyclic) bond motifs is 3. The molecule has 0 saturated carbocycles. The zero-order valence-electron chi connectivity index (χ0n) is 19.9. The highest BCUT2D eigenvalue weighted by Gasteiger charge is 2.18. The molecule has 1 aromatic carbocycles. The van der Waals surface area contributed by atoms with Crippen molar-refractivity contribution in [3.63, 3.8) is 0 Å². The first-order valence-electron chi connectivity index (χ1n) is 12.0. The first kappa shape index (κ1) is 23.5. The topological polar surface area (TPSA) is 104 Å². The molecule has 3 heterocycles. The van der Waals surface area contributed by atoms with Gasteiger partial charge < -0.3 is 10.3 Å². The Balaban J connectivity index is 1.49. The van der Waals surface area contributed by atoms with E-state index in [1.54, 1.807) is 30.5 Å². The number of unbranched alkanes of at least 4 members (excludes halogenated alkanes) is 3. The number of hydrogen-bond acceptors (Lipinski definition) is 6. The highest BCUT2D eigenvalue weighted by molar-refractivity contribution is 6.08. The van der Waals surface area contributed by atoms with Crippen LogP contribution in [0.2, 0.25) is 0 Å². The molecule has 0 atom stereocenters. The van der Waals surface area contributed by atoms with Gasteiger partial charge in [-0.15, -0.1) is 0 Å². The van der Waals surface area contributed by atoms with Gasteiger partial charge in [-0.3, -0.25) is 14.6 Å². The van der Waals surface area contributed by atoms with E-state index in [1.807, 2.05) is 12.1 Å². The molecule has 0 spiro atoms. The highest BCUT2D eigenvalue weighted by atomic mass is 16.1. The fraction of sp³-hybridized carbons (Fsp3) is 0.370. The largest absolute Gasteiger partial charge is 0.382 e. The smallest absolute Gasteiger partial charge is 0.163 e. The number of pyridine rings is 2. The van der Waals surface area contributed by atoms with E-state index in [0.29, 0.717) is 28.9 Å². The van der Waals surface area contributed by atoms with Gasteiger partial charge in [-0.1, -0.05) is 44.0 Å². The third-order valence-electron chi connectivity index (χ3n) is 6.19. The summed E-state index contributed by atoms with van der Waals surface area (Å²) in [4.78, 5) is 38.4. The van der Waals surface area contributed by atoms with Crippen molar-refractivity contribution in [2.45, 2.75) is 65.3 Å². The Kier molecular flexibility index (Phi) is 7.30. The molecule has 2 N–H and O–H groups in total. The van der Waals surface area contributed by atoms with Crippen LogP contribution in [0, 0.1) is 0 Å². The van der Waals surface area contributed by atoms with E-state index in [1.165, 1.54) is 6.92 Å². The summed E-state index contributed by atoms with van der Waals surface area (Å²) in [5.41, 5.74) is 10.5. The summed E-state index contributed by atoms with van der Waals surface area (Å²) in [5.74, 6) is 1.39. The zero-order chi connectivity index (χ0) is 24.1. The highest BCUT2D eigenvalue weighted by Crippen LogP contribution is 2.28. The molecule has 0 amide bonds. The molecular weight excluding hydrogens is 426 g/mol. The number of Topliss-reactive ketones (excluding diaryl/α,β-unsaturated/α-hetero) is 2. The van der Waals surface area contributed by atoms with Gasteiger partial charge in [0.1, 0.15) is 22.4 Å². The number of ketones is 2. The second-order valence-corrected chi connectivity index (χ2v) is 8.68. The SMILES string of the molecule is CCCCc1nc2c(N)nc3cccnc3c2n1CCCCCC(=O)c1ccccc1C(C)=O. The number of hydrogen-bond donors (Lipinski definition) is 1. The van der Waals surface area contributed by atoms with E-state index in [-0.39, 0.29) is 11.6 Å². The van der Waals surface area contributed by atoms with Crippen molar-refractivity contribution in [1.82, 2.24) is 19.5 Å². The zero-order valence-corrected chi connectivity index (χ0v) is 19.9. The van der Waals surface area contributed by atoms with Crippen molar-refractivity contribution in [2.75, 3.05) is 5.73 Å². The molecule has 0 aliphatic heterocycles. The quantitative estimate of drug-likeness (QED) is 0.234. The molecule has 0 aliphatic rings. The summed E-state index contributed by atoms with van der Waals surface area (Å²) >= 11 is 0. The second-order valence-electron chi connectivity index (χ2n) is 8.68. The molecule has 0 unspecified atom stereocenters. The summed E-state index contributed by atoms with van der Waals surface area (Å²) in [5, 5.41) is 0. The lowest BCUT2D eigenvalue weighted by atomic mass is 9.97. The van der Waals surface area contributed by atoms with Crippen molar-refractivity contribution >= 4 is 39.5 Å². The minimum Gasteiger partial charge on any atom is -0.382 e. The average Bonchev–Trinajstić information content (AvgIpc) is 3.21. The Morgan fingerprint density at radius 3 is 2.50 bits per heavy atom. The number of aromatic nitrogens is 4. The number of benzene rings is 1. The van der Waals surface area contributed by atoms with Gasteiger partial charge in [-0.2, -0.15) is 0 Å².